The largest absolute Gasteiger partial charge is 0.301 e. The molecule has 1 fully saturated rings. The van der Waals surface area contributed by atoms with Gasteiger partial charge in [0.25, 0.3) is 0 Å². The average molecular weight is 363 g/mol. The van der Waals surface area contributed by atoms with E-state index in [1.165, 1.54) is 0 Å². The fourth-order valence-corrected chi connectivity index (χ4v) is 4.06. The first kappa shape index (κ1) is 15.4. The molecule has 1 aromatic carbocycles. The van der Waals surface area contributed by atoms with Crippen LogP contribution >= 0.6 is 39.3 Å². The van der Waals surface area contributed by atoms with E-state index in [0.29, 0.717) is 22.3 Å². The fraction of sp³-hybridized carbons (Fsp3) is 0.500. The van der Waals surface area contributed by atoms with Gasteiger partial charge in [0, 0.05) is 47.1 Å². The van der Waals surface area contributed by atoms with Crippen LogP contribution in [0.2, 0.25) is 5.02 Å². The van der Waals surface area contributed by atoms with Crippen LogP contribution in [0.25, 0.3) is 0 Å². The van der Waals surface area contributed by atoms with Crippen molar-refractivity contribution in [3.63, 3.8) is 0 Å². The quantitative estimate of drug-likeness (QED) is 0.752. The van der Waals surface area contributed by atoms with Crippen LogP contribution in [0.5, 0.6) is 0 Å². The molecule has 5 heteroatoms. The molecule has 1 aromatic rings. The molecule has 104 valence electrons. The molecule has 1 aliphatic heterocycles. The van der Waals surface area contributed by atoms with Gasteiger partial charge in [-0.25, -0.2) is 0 Å². The third-order valence-electron chi connectivity index (χ3n) is 3.21. The van der Waals surface area contributed by atoms with Crippen molar-refractivity contribution in [2.24, 2.45) is 0 Å². The highest BCUT2D eigenvalue weighted by Gasteiger charge is 2.18. The van der Waals surface area contributed by atoms with Crippen LogP contribution < -0.4 is 0 Å². The molecule has 0 radical (unpaired) electrons. The number of hydrogen-bond donors (Lipinski definition) is 0. The number of nitrogens with zero attached hydrogens (tertiary/aromatic N) is 1. The van der Waals surface area contributed by atoms with Crippen molar-refractivity contribution < 1.29 is 4.79 Å². The van der Waals surface area contributed by atoms with Gasteiger partial charge in [-0.15, -0.1) is 0 Å². The second-order valence-corrected chi connectivity index (χ2v) is 7.65. The number of thioether (sulfide) groups is 1. The summed E-state index contributed by atoms with van der Waals surface area (Å²) in [5.41, 5.74) is 0.629. The summed E-state index contributed by atoms with van der Waals surface area (Å²) in [6, 6.07) is 5.43. The van der Waals surface area contributed by atoms with Gasteiger partial charge in [0.1, 0.15) is 0 Å². The smallest absolute Gasteiger partial charge is 0.165 e. The van der Waals surface area contributed by atoms with Crippen molar-refractivity contribution in [3.8, 4) is 0 Å². The summed E-state index contributed by atoms with van der Waals surface area (Å²) < 4.78 is 0.899. The van der Waals surface area contributed by atoms with Crippen LogP contribution in [0, 0.1) is 0 Å². The molecule has 0 N–H and O–H groups in total. The Morgan fingerprint density at radius 1 is 1.58 bits per heavy atom. The van der Waals surface area contributed by atoms with Gasteiger partial charge in [0.05, 0.1) is 5.02 Å². The first-order chi connectivity index (χ1) is 9.06. The zero-order valence-electron chi connectivity index (χ0n) is 10.9. The maximum absolute atomic E-state index is 12.2. The van der Waals surface area contributed by atoms with E-state index >= 15 is 0 Å². The van der Waals surface area contributed by atoms with Crippen molar-refractivity contribution in [2.75, 3.05) is 25.4 Å². The predicted molar refractivity (Wildman–Crippen MR) is 86.5 cm³/mol. The minimum atomic E-state index is 0.128. The van der Waals surface area contributed by atoms with Gasteiger partial charge in [-0.3, -0.25) is 4.79 Å². The van der Waals surface area contributed by atoms with E-state index in [2.05, 4.69) is 27.8 Å². The van der Waals surface area contributed by atoms with Gasteiger partial charge in [-0.1, -0.05) is 34.5 Å². The SMILES string of the molecule is CC1CN(CCC(=O)c2ccc(Br)cc2Cl)CCS1. The topological polar surface area (TPSA) is 20.3 Å². The summed E-state index contributed by atoms with van der Waals surface area (Å²) in [6.45, 7) is 5.22. The van der Waals surface area contributed by atoms with Crippen LogP contribution in [0.15, 0.2) is 22.7 Å². The molecule has 1 saturated heterocycles. The van der Waals surface area contributed by atoms with Crippen molar-refractivity contribution >= 4 is 45.1 Å². The summed E-state index contributed by atoms with van der Waals surface area (Å²) in [5.74, 6) is 1.29. The Balaban J connectivity index is 1.90. The molecule has 1 heterocycles. The molecule has 19 heavy (non-hydrogen) atoms. The number of ketones is 1. The molecule has 0 aliphatic carbocycles. The van der Waals surface area contributed by atoms with Crippen LogP contribution in [-0.4, -0.2) is 41.3 Å². The molecule has 1 atom stereocenters. The molecule has 1 aliphatic rings. The van der Waals surface area contributed by atoms with E-state index in [1.807, 2.05) is 17.8 Å². The van der Waals surface area contributed by atoms with E-state index in [-0.39, 0.29) is 5.78 Å². The molecule has 0 saturated carbocycles. The van der Waals surface area contributed by atoms with Gasteiger partial charge in [-0.05, 0) is 18.2 Å². The number of hydrogen-bond acceptors (Lipinski definition) is 3. The second-order valence-electron chi connectivity index (χ2n) is 4.78. The zero-order chi connectivity index (χ0) is 13.8. The highest BCUT2D eigenvalue weighted by Crippen LogP contribution is 2.23. The third kappa shape index (κ3) is 4.48. The Labute approximate surface area is 132 Å². The Morgan fingerprint density at radius 3 is 3.05 bits per heavy atom. The Morgan fingerprint density at radius 2 is 2.37 bits per heavy atom. The van der Waals surface area contributed by atoms with Crippen molar-refractivity contribution in [2.45, 2.75) is 18.6 Å². The lowest BCUT2D eigenvalue weighted by atomic mass is 10.1. The molecule has 1 unspecified atom stereocenters. The summed E-state index contributed by atoms with van der Waals surface area (Å²) in [7, 11) is 0. The number of Topliss-reactive ketones (excluding diaryl/α,β-unsaturated/α-hetero) is 1. The predicted octanol–water partition coefficient (Wildman–Crippen LogP) is 4.11. The number of carbonyl (C=O) groups excluding carboxylic acids is 1. The average Bonchev–Trinajstić information content (AvgIpc) is 2.36. The van der Waals surface area contributed by atoms with E-state index in [9.17, 15) is 4.79 Å². The lowest BCUT2D eigenvalue weighted by molar-refractivity contribution is 0.0965. The second kappa shape index (κ2) is 7.11. The van der Waals surface area contributed by atoms with Crippen molar-refractivity contribution in [3.05, 3.63) is 33.3 Å². The van der Waals surface area contributed by atoms with Crippen LogP contribution in [0.3, 0.4) is 0 Å². The molecule has 0 spiro atoms. The van der Waals surface area contributed by atoms with E-state index in [1.54, 1.807) is 12.1 Å². The maximum Gasteiger partial charge on any atom is 0.165 e. The molecular weight excluding hydrogens is 346 g/mol. The van der Waals surface area contributed by atoms with Crippen molar-refractivity contribution in [1.82, 2.24) is 4.90 Å². The maximum atomic E-state index is 12.2. The zero-order valence-corrected chi connectivity index (χ0v) is 14.0. The van der Waals surface area contributed by atoms with Gasteiger partial charge in [-0.2, -0.15) is 11.8 Å². The first-order valence-electron chi connectivity index (χ1n) is 6.38. The molecule has 0 aromatic heterocycles. The number of halogens is 2. The molecule has 2 nitrogen and oxygen atoms in total. The molecule has 2 rings (SSSR count). The Bertz CT molecular complexity index is 469. The summed E-state index contributed by atoms with van der Waals surface area (Å²) in [6.07, 6.45) is 0.540. The lowest BCUT2D eigenvalue weighted by Crippen LogP contribution is -2.37. The van der Waals surface area contributed by atoms with E-state index < -0.39 is 0 Å². The van der Waals surface area contributed by atoms with Crippen molar-refractivity contribution in [1.29, 1.82) is 0 Å². The fourth-order valence-electron chi connectivity index (χ4n) is 2.20. The normalized spacial score (nSPS) is 20.5. The highest BCUT2D eigenvalue weighted by atomic mass is 79.9. The van der Waals surface area contributed by atoms with Gasteiger partial charge >= 0.3 is 0 Å². The summed E-state index contributed by atoms with van der Waals surface area (Å²) >= 11 is 11.5. The number of benzene rings is 1. The summed E-state index contributed by atoms with van der Waals surface area (Å²) in [5, 5.41) is 1.20. The van der Waals surface area contributed by atoms with Gasteiger partial charge in [0.15, 0.2) is 5.78 Å². The number of rotatable bonds is 4. The number of carbonyl (C=O) groups is 1. The Kier molecular flexibility index (Phi) is 5.75. The van der Waals surface area contributed by atoms with Gasteiger partial charge < -0.3 is 4.90 Å². The monoisotopic (exact) mass is 361 g/mol. The van der Waals surface area contributed by atoms with Crippen LogP contribution in [0.4, 0.5) is 0 Å². The molecule has 0 amide bonds. The highest BCUT2D eigenvalue weighted by molar-refractivity contribution is 9.10. The molecule has 0 bridgehead atoms. The summed E-state index contributed by atoms with van der Waals surface area (Å²) in [4.78, 5) is 14.5. The van der Waals surface area contributed by atoms with E-state index in [4.69, 9.17) is 11.6 Å². The standard InChI is InChI=1S/C14H17BrClNOS/c1-10-9-17(6-7-19-10)5-4-14(18)12-3-2-11(15)8-13(12)16/h2-3,8,10H,4-7,9H2,1H3. The van der Waals surface area contributed by atoms with Gasteiger partial charge in [0.2, 0.25) is 0 Å². The van der Waals surface area contributed by atoms with Crippen LogP contribution in [-0.2, 0) is 0 Å². The molecular formula is C14H17BrClNOS. The first-order valence-corrected chi connectivity index (χ1v) is 8.60. The third-order valence-corrected chi connectivity index (χ3v) is 5.15. The lowest BCUT2D eigenvalue weighted by Gasteiger charge is -2.30. The minimum Gasteiger partial charge on any atom is -0.301 e. The Hall–Kier alpha value is -0.0300. The van der Waals surface area contributed by atoms with E-state index in [0.717, 1.165) is 29.9 Å². The minimum absolute atomic E-state index is 0.128. The van der Waals surface area contributed by atoms with Crippen LogP contribution in [0.1, 0.15) is 23.7 Å².